The van der Waals surface area contributed by atoms with Crippen LogP contribution >= 0.6 is 0 Å². The lowest BCUT2D eigenvalue weighted by atomic mass is 10.0. The van der Waals surface area contributed by atoms with Gasteiger partial charge >= 0.3 is 0 Å². The van der Waals surface area contributed by atoms with Gasteiger partial charge in [-0.1, -0.05) is 43.3 Å². The van der Waals surface area contributed by atoms with E-state index in [2.05, 4.69) is 16.3 Å². The number of hydrogen-bond donors (Lipinski definition) is 2. The third-order valence-electron chi connectivity index (χ3n) is 4.88. The predicted octanol–water partition coefficient (Wildman–Crippen LogP) is 2.66. The molecule has 0 aliphatic carbocycles. The molecule has 1 aliphatic heterocycles. The van der Waals surface area contributed by atoms with Gasteiger partial charge in [0, 0.05) is 19.1 Å². The summed E-state index contributed by atoms with van der Waals surface area (Å²) in [5.74, 6) is -0.0979. The number of carbonyl (C=O) groups is 1. The van der Waals surface area contributed by atoms with Gasteiger partial charge in [0.2, 0.25) is 5.91 Å². The van der Waals surface area contributed by atoms with E-state index in [1.54, 1.807) is 0 Å². The van der Waals surface area contributed by atoms with E-state index in [1.165, 1.54) is 0 Å². The Balaban J connectivity index is 1.74. The molecule has 5 heteroatoms. The molecular formula is C21H24N4O. The van der Waals surface area contributed by atoms with Crippen molar-refractivity contribution in [1.82, 2.24) is 5.32 Å². The maximum Gasteiger partial charge on any atom is 0.237 e. The maximum atomic E-state index is 12.0. The summed E-state index contributed by atoms with van der Waals surface area (Å²) < 4.78 is 0. The summed E-state index contributed by atoms with van der Waals surface area (Å²) in [6.07, 6.45) is 1.48. The SMILES string of the molecule is CC[C@H](N)C(=O)N[C@H]1CCN(c2ccc(-c3ccccc3)cc2C#N)C1. The summed E-state index contributed by atoms with van der Waals surface area (Å²) >= 11 is 0. The van der Waals surface area contributed by atoms with Crippen LogP contribution in [0.25, 0.3) is 11.1 Å². The van der Waals surface area contributed by atoms with Crippen molar-refractivity contribution in [2.45, 2.75) is 31.8 Å². The monoisotopic (exact) mass is 348 g/mol. The van der Waals surface area contributed by atoms with Crippen molar-refractivity contribution >= 4 is 11.6 Å². The van der Waals surface area contributed by atoms with Crippen molar-refractivity contribution < 1.29 is 4.79 Å². The Labute approximate surface area is 154 Å². The zero-order valence-corrected chi connectivity index (χ0v) is 15.0. The fourth-order valence-electron chi connectivity index (χ4n) is 3.30. The summed E-state index contributed by atoms with van der Waals surface area (Å²) in [6, 6.07) is 17.9. The van der Waals surface area contributed by atoms with E-state index in [0.29, 0.717) is 18.5 Å². The fourth-order valence-corrected chi connectivity index (χ4v) is 3.30. The molecule has 5 nitrogen and oxygen atoms in total. The lowest BCUT2D eigenvalue weighted by Crippen LogP contribution is -2.46. The zero-order valence-electron chi connectivity index (χ0n) is 15.0. The van der Waals surface area contributed by atoms with Gasteiger partial charge in [0.15, 0.2) is 0 Å². The van der Waals surface area contributed by atoms with Gasteiger partial charge in [-0.15, -0.1) is 0 Å². The van der Waals surface area contributed by atoms with Crippen LogP contribution in [-0.2, 0) is 4.79 Å². The minimum atomic E-state index is -0.455. The first kappa shape index (κ1) is 18.0. The van der Waals surface area contributed by atoms with Crippen LogP contribution in [0.4, 0.5) is 5.69 Å². The first-order valence-electron chi connectivity index (χ1n) is 9.03. The molecule has 1 aliphatic rings. The molecule has 3 N–H and O–H groups in total. The summed E-state index contributed by atoms with van der Waals surface area (Å²) in [5, 5.41) is 12.6. The van der Waals surface area contributed by atoms with Gasteiger partial charge in [0.25, 0.3) is 0 Å². The molecule has 1 amide bonds. The van der Waals surface area contributed by atoms with E-state index in [4.69, 9.17) is 5.73 Å². The fraction of sp³-hybridized carbons (Fsp3) is 0.333. The van der Waals surface area contributed by atoms with Gasteiger partial charge in [-0.05, 0) is 36.1 Å². The van der Waals surface area contributed by atoms with Gasteiger partial charge in [0.1, 0.15) is 6.07 Å². The van der Waals surface area contributed by atoms with Gasteiger partial charge in [-0.2, -0.15) is 5.26 Å². The molecule has 134 valence electrons. The average Bonchev–Trinajstić information content (AvgIpc) is 3.15. The average molecular weight is 348 g/mol. The normalized spacial score (nSPS) is 17.6. The Hall–Kier alpha value is -2.84. The van der Waals surface area contributed by atoms with Crippen LogP contribution in [0.2, 0.25) is 0 Å². The summed E-state index contributed by atoms with van der Waals surface area (Å²) in [5.41, 5.74) is 9.49. The van der Waals surface area contributed by atoms with Crippen LogP contribution in [-0.4, -0.2) is 31.1 Å². The minimum absolute atomic E-state index is 0.0699. The van der Waals surface area contributed by atoms with Gasteiger partial charge < -0.3 is 16.0 Å². The minimum Gasteiger partial charge on any atom is -0.368 e. The Bertz CT molecular complexity index is 813. The van der Waals surface area contributed by atoms with E-state index in [0.717, 1.165) is 29.8 Å². The molecule has 2 aromatic carbocycles. The molecule has 0 unspecified atom stereocenters. The topological polar surface area (TPSA) is 82.2 Å². The Morgan fingerprint density at radius 3 is 2.77 bits per heavy atom. The second-order valence-electron chi connectivity index (χ2n) is 6.66. The van der Waals surface area contributed by atoms with E-state index in [1.807, 2.05) is 55.5 Å². The van der Waals surface area contributed by atoms with Crippen molar-refractivity contribution in [2.24, 2.45) is 5.73 Å². The number of anilines is 1. The molecule has 0 radical (unpaired) electrons. The van der Waals surface area contributed by atoms with Crippen LogP contribution in [0.3, 0.4) is 0 Å². The molecule has 1 heterocycles. The van der Waals surface area contributed by atoms with E-state index >= 15 is 0 Å². The Morgan fingerprint density at radius 2 is 2.08 bits per heavy atom. The first-order valence-corrected chi connectivity index (χ1v) is 9.03. The van der Waals surface area contributed by atoms with Crippen molar-refractivity contribution in [1.29, 1.82) is 5.26 Å². The molecule has 0 saturated carbocycles. The van der Waals surface area contributed by atoms with Crippen molar-refractivity contribution in [2.75, 3.05) is 18.0 Å². The highest BCUT2D eigenvalue weighted by molar-refractivity contribution is 5.82. The smallest absolute Gasteiger partial charge is 0.237 e. The number of rotatable bonds is 5. The molecule has 1 saturated heterocycles. The Morgan fingerprint density at radius 1 is 1.31 bits per heavy atom. The van der Waals surface area contributed by atoms with Gasteiger partial charge in [0.05, 0.1) is 17.3 Å². The van der Waals surface area contributed by atoms with Crippen molar-refractivity contribution in [3.8, 4) is 17.2 Å². The quantitative estimate of drug-likeness (QED) is 0.870. The highest BCUT2D eigenvalue weighted by atomic mass is 16.2. The number of hydrogen-bond acceptors (Lipinski definition) is 4. The molecule has 0 bridgehead atoms. The molecule has 1 fully saturated rings. The lowest BCUT2D eigenvalue weighted by Gasteiger charge is -2.21. The number of nitrogens with one attached hydrogen (secondary N) is 1. The van der Waals surface area contributed by atoms with Crippen molar-refractivity contribution in [3.63, 3.8) is 0 Å². The third kappa shape index (κ3) is 3.87. The number of benzene rings is 2. The lowest BCUT2D eigenvalue weighted by molar-refractivity contribution is -0.123. The maximum absolute atomic E-state index is 12.0. The largest absolute Gasteiger partial charge is 0.368 e. The molecule has 2 aromatic rings. The second-order valence-corrected chi connectivity index (χ2v) is 6.66. The van der Waals surface area contributed by atoms with Crippen LogP contribution in [0.1, 0.15) is 25.3 Å². The second kappa shape index (κ2) is 8.03. The molecule has 3 rings (SSSR count). The summed E-state index contributed by atoms with van der Waals surface area (Å²) in [4.78, 5) is 14.2. The van der Waals surface area contributed by atoms with E-state index in [9.17, 15) is 10.1 Å². The van der Waals surface area contributed by atoms with Crippen molar-refractivity contribution in [3.05, 3.63) is 54.1 Å². The van der Waals surface area contributed by atoms with Crippen LogP contribution in [0, 0.1) is 11.3 Å². The molecule has 0 spiro atoms. The number of nitrogens with two attached hydrogens (primary N) is 1. The third-order valence-corrected chi connectivity index (χ3v) is 4.88. The standard InChI is InChI=1S/C21H24N4O/c1-2-19(23)21(26)24-18-10-11-25(14-18)20-9-8-16(12-17(20)13-22)15-6-4-3-5-7-15/h3-9,12,18-19H,2,10-11,14,23H2,1H3,(H,24,26)/t18-,19-/m0/s1. The number of amides is 1. The summed E-state index contributed by atoms with van der Waals surface area (Å²) in [7, 11) is 0. The van der Waals surface area contributed by atoms with Crippen LogP contribution < -0.4 is 16.0 Å². The Kier molecular flexibility index (Phi) is 5.55. The van der Waals surface area contributed by atoms with Crippen LogP contribution in [0.5, 0.6) is 0 Å². The molecule has 2 atom stereocenters. The number of carbonyl (C=O) groups excluding carboxylic acids is 1. The first-order chi connectivity index (χ1) is 12.6. The number of nitriles is 1. The predicted molar refractivity (Wildman–Crippen MR) is 104 cm³/mol. The van der Waals surface area contributed by atoms with E-state index < -0.39 is 6.04 Å². The van der Waals surface area contributed by atoms with Gasteiger partial charge in [-0.25, -0.2) is 0 Å². The van der Waals surface area contributed by atoms with Crippen LogP contribution in [0.15, 0.2) is 48.5 Å². The highest BCUT2D eigenvalue weighted by Gasteiger charge is 2.26. The zero-order chi connectivity index (χ0) is 18.5. The molecule has 0 aromatic heterocycles. The molecule has 26 heavy (non-hydrogen) atoms. The molecular weight excluding hydrogens is 324 g/mol. The van der Waals surface area contributed by atoms with Gasteiger partial charge in [-0.3, -0.25) is 4.79 Å². The number of nitrogens with zero attached hydrogens (tertiary/aromatic N) is 2. The highest BCUT2D eigenvalue weighted by Crippen LogP contribution is 2.29. The summed E-state index contributed by atoms with van der Waals surface area (Å²) in [6.45, 7) is 3.41. The van der Waals surface area contributed by atoms with E-state index in [-0.39, 0.29) is 11.9 Å².